The number of aromatic nitrogens is 1. The summed E-state index contributed by atoms with van der Waals surface area (Å²) in [5.74, 6) is 2.80. The van der Waals surface area contributed by atoms with Crippen LogP contribution < -0.4 is 10.6 Å². The summed E-state index contributed by atoms with van der Waals surface area (Å²) in [6.45, 7) is 0.856. The van der Waals surface area contributed by atoms with E-state index in [0.717, 1.165) is 23.5 Å². The van der Waals surface area contributed by atoms with Gasteiger partial charge in [-0.05, 0) is 37.0 Å². The Morgan fingerprint density at radius 3 is 2.62 bits per heavy atom. The molecule has 0 radical (unpaired) electrons. The minimum atomic E-state index is 0.0147. The van der Waals surface area contributed by atoms with Gasteiger partial charge >= 0.3 is 0 Å². The molecule has 0 aliphatic heterocycles. The first-order chi connectivity index (χ1) is 9.95. The molecule has 6 heteroatoms. The lowest BCUT2D eigenvalue weighted by Gasteiger charge is -2.27. The van der Waals surface area contributed by atoms with Crippen LogP contribution in [0.5, 0.6) is 0 Å². The van der Waals surface area contributed by atoms with Crippen LogP contribution in [0.15, 0.2) is 0 Å². The van der Waals surface area contributed by atoms with Crippen molar-refractivity contribution in [3.05, 3.63) is 4.88 Å². The number of amides is 1. The molecule has 2 saturated carbocycles. The van der Waals surface area contributed by atoms with E-state index in [1.54, 1.807) is 0 Å². The zero-order chi connectivity index (χ0) is 15.1. The smallest absolute Gasteiger partial charge is 0.267 e. The zero-order valence-electron chi connectivity index (χ0n) is 13.0. The predicted molar refractivity (Wildman–Crippen MR) is 86.8 cm³/mol. The first kappa shape index (κ1) is 14.6. The van der Waals surface area contributed by atoms with Crippen molar-refractivity contribution >= 4 is 28.2 Å². The molecule has 2 bridgehead atoms. The number of anilines is 2. The first-order valence-electron chi connectivity index (χ1n) is 7.64. The van der Waals surface area contributed by atoms with Crippen LogP contribution in [-0.4, -0.2) is 43.5 Å². The van der Waals surface area contributed by atoms with E-state index in [1.165, 1.54) is 37.0 Å². The molecule has 21 heavy (non-hydrogen) atoms. The number of carbonyl (C=O) groups is 1. The molecule has 1 aromatic rings. The number of nitrogens with two attached hydrogens (primary N) is 1. The Labute approximate surface area is 130 Å². The molecule has 2 fully saturated rings. The summed E-state index contributed by atoms with van der Waals surface area (Å²) in [4.78, 5) is 21.1. The van der Waals surface area contributed by atoms with Gasteiger partial charge in [0.1, 0.15) is 10.7 Å². The van der Waals surface area contributed by atoms with Gasteiger partial charge in [-0.1, -0.05) is 17.8 Å². The van der Waals surface area contributed by atoms with Crippen molar-refractivity contribution in [3.8, 4) is 0 Å². The maximum atomic E-state index is 12.6. The lowest BCUT2D eigenvalue weighted by Crippen LogP contribution is -2.33. The Morgan fingerprint density at radius 2 is 2.10 bits per heavy atom. The van der Waals surface area contributed by atoms with Crippen molar-refractivity contribution in [2.24, 2.45) is 17.8 Å². The average molecular weight is 308 g/mol. The average Bonchev–Trinajstić information content (AvgIpc) is 3.12. The molecule has 1 amide bonds. The third-order valence-electron chi connectivity index (χ3n) is 4.96. The van der Waals surface area contributed by atoms with E-state index in [1.807, 2.05) is 30.9 Å². The third-order valence-corrected chi connectivity index (χ3v) is 6.19. The second-order valence-corrected chi connectivity index (χ2v) is 7.70. The molecule has 3 rings (SSSR count). The Hall–Kier alpha value is -1.30. The number of fused-ring (bicyclic) bond motifs is 2. The van der Waals surface area contributed by atoms with Crippen LogP contribution >= 0.6 is 11.3 Å². The Kier molecular flexibility index (Phi) is 3.82. The molecular weight excluding hydrogens is 284 g/mol. The maximum absolute atomic E-state index is 12.6. The van der Waals surface area contributed by atoms with Crippen LogP contribution in [-0.2, 0) is 0 Å². The Balaban J connectivity index is 1.67. The molecule has 0 saturated heterocycles. The highest BCUT2D eigenvalue weighted by Gasteiger charge is 2.40. The van der Waals surface area contributed by atoms with Crippen molar-refractivity contribution in [2.75, 3.05) is 38.3 Å². The third kappa shape index (κ3) is 2.73. The molecule has 3 unspecified atom stereocenters. The number of rotatable bonds is 4. The van der Waals surface area contributed by atoms with Crippen LogP contribution in [0.3, 0.4) is 0 Å². The van der Waals surface area contributed by atoms with Gasteiger partial charge in [0.2, 0.25) is 0 Å². The maximum Gasteiger partial charge on any atom is 0.267 e. The molecule has 2 N–H and O–H groups in total. The van der Waals surface area contributed by atoms with Gasteiger partial charge in [-0.2, -0.15) is 0 Å². The van der Waals surface area contributed by atoms with Gasteiger partial charge in [0.15, 0.2) is 5.13 Å². The molecular formula is C15H24N4OS. The molecule has 116 valence electrons. The molecule has 0 aromatic carbocycles. The molecule has 3 atom stereocenters. The SMILES string of the molecule is CN(CC1CC2CCC1C2)C(=O)c1sc(N(C)C)nc1N. The molecule has 0 spiro atoms. The summed E-state index contributed by atoms with van der Waals surface area (Å²) >= 11 is 1.38. The standard InChI is InChI=1S/C15H24N4OS/c1-18(2)15-17-13(16)12(21-15)14(20)19(3)8-11-7-9-4-5-10(11)6-9/h9-11H,4-8,16H2,1-3H3. The van der Waals surface area contributed by atoms with Gasteiger partial charge in [0.05, 0.1) is 0 Å². The van der Waals surface area contributed by atoms with E-state index in [4.69, 9.17) is 5.73 Å². The summed E-state index contributed by atoms with van der Waals surface area (Å²) in [7, 11) is 5.71. The highest BCUT2D eigenvalue weighted by Crippen LogP contribution is 2.48. The van der Waals surface area contributed by atoms with Crippen molar-refractivity contribution in [1.82, 2.24) is 9.88 Å². The molecule has 2 aliphatic rings. The monoisotopic (exact) mass is 308 g/mol. The lowest BCUT2D eigenvalue weighted by molar-refractivity contribution is 0.0760. The van der Waals surface area contributed by atoms with Crippen LogP contribution in [0.1, 0.15) is 35.4 Å². The molecule has 2 aliphatic carbocycles. The zero-order valence-corrected chi connectivity index (χ0v) is 13.8. The summed E-state index contributed by atoms with van der Waals surface area (Å²) in [6.07, 6.45) is 5.42. The number of carbonyl (C=O) groups excluding carboxylic acids is 1. The number of nitrogens with zero attached hydrogens (tertiary/aromatic N) is 3. The number of thiazole rings is 1. The fraction of sp³-hybridized carbons (Fsp3) is 0.733. The summed E-state index contributed by atoms with van der Waals surface area (Å²) in [6, 6.07) is 0. The predicted octanol–water partition coefficient (Wildman–Crippen LogP) is 2.30. The molecule has 1 heterocycles. The quantitative estimate of drug-likeness (QED) is 0.927. The number of nitrogen functional groups attached to an aromatic ring is 1. The van der Waals surface area contributed by atoms with Gasteiger partial charge in [-0.15, -0.1) is 0 Å². The topological polar surface area (TPSA) is 62.5 Å². The van der Waals surface area contributed by atoms with E-state index in [0.29, 0.717) is 16.6 Å². The van der Waals surface area contributed by atoms with E-state index in [2.05, 4.69) is 4.98 Å². The summed E-state index contributed by atoms with van der Waals surface area (Å²) in [5, 5.41) is 0.782. The Morgan fingerprint density at radius 1 is 1.33 bits per heavy atom. The van der Waals surface area contributed by atoms with Crippen molar-refractivity contribution in [2.45, 2.75) is 25.7 Å². The van der Waals surface area contributed by atoms with Gasteiger partial charge in [0.25, 0.3) is 5.91 Å². The van der Waals surface area contributed by atoms with E-state index in [9.17, 15) is 4.79 Å². The van der Waals surface area contributed by atoms with Crippen LogP contribution in [0.4, 0.5) is 10.9 Å². The summed E-state index contributed by atoms with van der Waals surface area (Å²) < 4.78 is 0. The second-order valence-electron chi connectivity index (χ2n) is 6.73. The largest absolute Gasteiger partial charge is 0.382 e. The van der Waals surface area contributed by atoms with Gasteiger partial charge in [-0.3, -0.25) is 4.79 Å². The van der Waals surface area contributed by atoms with Crippen molar-refractivity contribution in [3.63, 3.8) is 0 Å². The van der Waals surface area contributed by atoms with Gasteiger partial charge in [-0.25, -0.2) is 4.98 Å². The van der Waals surface area contributed by atoms with Crippen LogP contribution in [0.2, 0.25) is 0 Å². The highest BCUT2D eigenvalue weighted by molar-refractivity contribution is 7.18. The van der Waals surface area contributed by atoms with Gasteiger partial charge in [0, 0.05) is 27.7 Å². The number of hydrogen-bond donors (Lipinski definition) is 1. The van der Waals surface area contributed by atoms with E-state index in [-0.39, 0.29) is 5.91 Å². The first-order valence-corrected chi connectivity index (χ1v) is 8.46. The van der Waals surface area contributed by atoms with Gasteiger partial charge < -0.3 is 15.5 Å². The molecule has 1 aromatic heterocycles. The van der Waals surface area contributed by atoms with Crippen LogP contribution in [0.25, 0.3) is 0 Å². The molecule has 5 nitrogen and oxygen atoms in total. The lowest BCUT2D eigenvalue weighted by atomic mass is 9.88. The normalized spacial score (nSPS) is 27.1. The highest BCUT2D eigenvalue weighted by atomic mass is 32.1. The van der Waals surface area contributed by atoms with Crippen molar-refractivity contribution in [1.29, 1.82) is 0 Å². The minimum Gasteiger partial charge on any atom is -0.382 e. The van der Waals surface area contributed by atoms with Crippen molar-refractivity contribution < 1.29 is 4.79 Å². The Bertz CT molecular complexity index is 542. The minimum absolute atomic E-state index is 0.0147. The fourth-order valence-electron chi connectivity index (χ4n) is 3.87. The fourth-order valence-corrected chi connectivity index (χ4v) is 4.78. The summed E-state index contributed by atoms with van der Waals surface area (Å²) in [5.41, 5.74) is 5.91. The second kappa shape index (κ2) is 5.48. The van der Waals surface area contributed by atoms with E-state index >= 15 is 0 Å². The van der Waals surface area contributed by atoms with E-state index < -0.39 is 0 Å². The number of hydrogen-bond acceptors (Lipinski definition) is 5. The van der Waals surface area contributed by atoms with Crippen LogP contribution in [0, 0.1) is 17.8 Å².